The molecule has 146 valence electrons. The average molecular weight is 418 g/mol. The molecule has 3 aromatic rings. The van der Waals surface area contributed by atoms with Gasteiger partial charge in [0.2, 0.25) is 0 Å². The highest BCUT2D eigenvalue weighted by atomic mass is 32.1. The first-order chi connectivity index (χ1) is 13.5. The maximum atomic E-state index is 13.0. The summed E-state index contributed by atoms with van der Waals surface area (Å²) in [7, 11) is 0. The molecule has 5 nitrogen and oxygen atoms in total. The van der Waals surface area contributed by atoms with Crippen molar-refractivity contribution >= 4 is 33.7 Å². The fourth-order valence-electron chi connectivity index (χ4n) is 3.15. The maximum absolute atomic E-state index is 13.0. The summed E-state index contributed by atoms with van der Waals surface area (Å²) in [4.78, 5) is 23.5. The molecular formula is C20H20FN3O2S2. The minimum atomic E-state index is -0.310. The van der Waals surface area contributed by atoms with E-state index in [-0.39, 0.29) is 18.3 Å². The highest BCUT2D eigenvalue weighted by Gasteiger charge is 2.22. The Morgan fingerprint density at radius 1 is 1.29 bits per heavy atom. The van der Waals surface area contributed by atoms with E-state index >= 15 is 0 Å². The Kier molecular flexibility index (Phi) is 5.41. The number of benzene rings is 1. The second-order valence-corrected chi connectivity index (χ2v) is 9.12. The highest BCUT2D eigenvalue weighted by Crippen LogP contribution is 2.32. The van der Waals surface area contributed by atoms with Gasteiger partial charge in [-0.1, -0.05) is 6.92 Å². The number of aryl methyl sites for hydroxylation is 2. The molecular weight excluding hydrogens is 397 g/mol. The van der Waals surface area contributed by atoms with Crippen LogP contribution >= 0.6 is 22.7 Å². The monoisotopic (exact) mass is 417 g/mol. The number of thiazole rings is 2. The van der Waals surface area contributed by atoms with Crippen LogP contribution in [-0.2, 0) is 19.4 Å². The first-order valence-electron chi connectivity index (χ1n) is 9.12. The van der Waals surface area contributed by atoms with Crippen molar-refractivity contribution in [3.63, 3.8) is 0 Å². The topological polar surface area (TPSA) is 64.1 Å². The standard InChI is InChI=1S/C20H20FN3O2S2/c1-11-3-8-15-16(9-11)27-20(23-15)24-19(25)18-12(2)22-17(28-18)10-26-14-6-4-13(21)5-7-14/h4-7,11H,3,8-10H2,1-2H3,(H,23,24,25)/t11-/m0/s1. The van der Waals surface area contributed by atoms with E-state index in [1.165, 1.54) is 28.3 Å². The van der Waals surface area contributed by atoms with Gasteiger partial charge in [0.15, 0.2) is 5.13 Å². The molecule has 28 heavy (non-hydrogen) atoms. The van der Waals surface area contributed by atoms with Crippen molar-refractivity contribution in [2.45, 2.75) is 39.7 Å². The van der Waals surface area contributed by atoms with Gasteiger partial charge in [0.05, 0.1) is 11.4 Å². The number of hydrogen-bond donors (Lipinski definition) is 1. The van der Waals surface area contributed by atoms with Gasteiger partial charge in [0.1, 0.15) is 28.1 Å². The predicted molar refractivity (Wildman–Crippen MR) is 109 cm³/mol. The van der Waals surface area contributed by atoms with E-state index in [2.05, 4.69) is 22.2 Å². The maximum Gasteiger partial charge on any atom is 0.269 e. The van der Waals surface area contributed by atoms with E-state index in [1.807, 2.05) is 0 Å². The second kappa shape index (κ2) is 7.97. The van der Waals surface area contributed by atoms with Crippen molar-refractivity contribution < 1.29 is 13.9 Å². The van der Waals surface area contributed by atoms with Gasteiger partial charge in [0.25, 0.3) is 5.91 Å². The van der Waals surface area contributed by atoms with Gasteiger partial charge in [-0.15, -0.1) is 22.7 Å². The van der Waals surface area contributed by atoms with Crippen molar-refractivity contribution in [3.05, 3.63) is 56.2 Å². The zero-order valence-electron chi connectivity index (χ0n) is 15.6. The Morgan fingerprint density at radius 3 is 2.86 bits per heavy atom. The Balaban J connectivity index is 1.41. The smallest absolute Gasteiger partial charge is 0.269 e. The zero-order chi connectivity index (χ0) is 19.7. The number of rotatable bonds is 5. The molecule has 0 unspecified atom stereocenters. The third kappa shape index (κ3) is 4.23. The molecule has 0 saturated heterocycles. The van der Waals surface area contributed by atoms with E-state index in [9.17, 15) is 9.18 Å². The molecule has 1 N–H and O–H groups in total. The fraction of sp³-hybridized carbons (Fsp3) is 0.350. The number of fused-ring (bicyclic) bond motifs is 1. The summed E-state index contributed by atoms with van der Waals surface area (Å²) in [6.07, 6.45) is 3.16. The lowest BCUT2D eigenvalue weighted by Gasteiger charge is -2.15. The average Bonchev–Trinajstić information content (AvgIpc) is 3.23. The molecule has 8 heteroatoms. The Bertz CT molecular complexity index is 998. The third-order valence-corrected chi connectivity index (χ3v) is 6.79. The van der Waals surface area contributed by atoms with Crippen LogP contribution in [0, 0.1) is 18.7 Å². The summed E-state index contributed by atoms with van der Waals surface area (Å²) in [6.45, 7) is 4.28. The molecule has 1 amide bonds. The van der Waals surface area contributed by atoms with Crippen LogP contribution in [0.2, 0.25) is 0 Å². The van der Waals surface area contributed by atoms with Crippen LogP contribution in [0.4, 0.5) is 9.52 Å². The SMILES string of the molecule is Cc1nc(COc2ccc(F)cc2)sc1C(=O)Nc1nc2c(s1)C[C@@H](C)CC2. The zero-order valence-corrected chi connectivity index (χ0v) is 17.3. The van der Waals surface area contributed by atoms with Crippen molar-refractivity contribution in [2.24, 2.45) is 5.92 Å². The van der Waals surface area contributed by atoms with Crippen molar-refractivity contribution in [3.8, 4) is 5.75 Å². The lowest BCUT2D eigenvalue weighted by Crippen LogP contribution is -2.11. The number of carbonyl (C=O) groups is 1. The molecule has 2 aromatic heterocycles. The molecule has 1 aliphatic rings. The van der Waals surface area contributed by atoms with Crippen LogP contribution < -0.4 is 10.1 Å². The van der Waals surface area contributed by atoms with E-state index in [0.29, 0.717) is 32.4 Å². The number of halogens is 1. The van der Waals surface area contributed by atoms with Crippen LogP contribution in [0.3, 0.4) is 0 Å². The Labute approximate surface area is 170 Å². The number of amides is 1. The van der Waals surface area contributed by atoms with Gasteiger partial charge < -0.3 is 4.74 Å². The van der Waals surface area contributed by atoms with Crippen molar-refractivity contribution in [1.82, 2.24) is 9.97 Å². The number of hydrogen-bond acceptors (Lipinski definition) is 6. The first-order valence-corrected chi connectivity index (χ1v) is 10.8. The Hall–Kier alpha value is -2.32. The van der Waals surface area contributed by atoms with Gasteiger partial charge in [-0.25, -0.2) is 14.4 Å². The van der Waals surface area contributed by atoms with Gasteiger partial charge in [0, 0.05) is 4.88 Å². The lowest BCUT2D eigenvalue weighted by molar-refractivity contribution is 0.103. The van der Waals surface area contributed by atoms with Gasteiger partial charge in [-0.05, 0) is 56.4 Å². The van der Waals surface area contributed by atoms with Crippen LogP contribution in [0.15, 0.2) is 24.3 Å². The van der Waals surface area contributed by atoms with E-state index in [1.54, 1.807) is 30.4 Å². The summed E-state index contributed by atoms with van der Waals surface area (Å²) in [5.41, 5.74) is 1.78. The number of nitrogens with zero attached hydrogens (tertiary/aromatic N) is 2. The van der Waals surface area contributed by atoms with E-state index < -0.39 is 0 Å². The summed E-state index contributed by atoms with van der Waals surface area (Å²) < 4.78 is 18.6. The molecule has 0 spiro atoms. The fourth-order valence-corrected chi connectivity index (χ4v) is 5.19. The van der Waals surface area contributed by atoms with E-state index in [0.717, 1.165) is 25.0 Å². The lowest BCUT2D eigenvalue weighted by atomic mass is 9.93. The van der Waals surface area contributed by atoms with Gasteiger partial charge >= 0.3 is 0 Å². The Morgan fingerprint density at radius 2 is 2.07 bits per heavy atom. The first kappa shape index (κ1) is 19.0. The van der Waals surface area contributed by atoms with Crippen molar-refractivity contribution in [2.75, 3.05) is 5.32 Å². The molecule has 1 aromatic carbocycles. The molecule has 2 heterocycles. The molecule has 0 fully saturated rings. The molecule has 1 atom stereocenters. The minimum Gasteiger partial charge on any atom is -0.486 e. The second-order valence-electron chi connectivity index (χ2n) is 6.96. The summed E-state index contributed by atoms with van der Waals surface area (Å²) >= 11 is 2.87. The summed E-state index contributed by atoms with van der Waals surface area (Å²) in [5, 5.41) is 4.27. The molecule has 0 radical (unpaired) electrons. The van der Waals surface area contributed by atoms with Crippen LogP contribution in [0.25, 0.3) is 0 Å². The van der Waals surface area contributed by atoms with Crippen LogP contribution in [0.5, 0.6) is 5.75 Å². The minimum absolute atomic E-state index is 0.192. The quantitative estimate of drug-likeness (QED) is 0.634. The molecule has 0 saturated carbocycles. The van der Waals surface area contributed by atoms with Crippen molar-refractivity contribution in [1.29, 1.82) is 0 Å². The normalized spacial score (nSPS) is 15.9. The number of nitrogens with one attached hydrogen (secondary N) is 1. The van der Waals surface area contributed by atoms with Gasteiger partial charge in [-0.3, -0.25) is 10.1 Å². The number of ether oxygens (including phenoxy) is 1. The number of anilines is 1. The largest absolute Gasteiger partial charge is 0.486 e. The third-order valence-electron chi connectivity index (χ3n) is 4.63. The molecule has 0 bridgehead atoms. The highest BCUT2D eigenvalue weighted by molar-refractivity contribution is 7.16. The van der Waals surface area contributed by atoms with Gasteiger partial charge in [-0.2, -0.15) is 0 Å². The summed E-state index contributed by atoms with van der Waals surface area (Å²) in [5.74, 6) is 0.726. The summed E-state index contributed by atoms with van der Waals surface area (Å²) in [6, 6.07) is 5.81. The molecule has 4 rings (SSSR count). The van der Waals surface area contributed by atoms with Crippen LogP contribution in [-0.4, -0.2) is 15.9 Å². The predicted octanol–water partition coefficient (Wildman–Crippen LogP) is 5.00. The molecule has 1 aliphatic carbocycles. The molecule has 0 aliphatic heterocycles. The van der Waals surface area contributed by atoms with E-state index in [4.69, 9.17) is 4.74 Å². The number of carbonyl (C=O) groups excluding carboxylic acids is 1. The number of aromatic nitrogens is 2. The van der Waals surface area contributed by atoms with Crippen LogP contribution in [0.1, 0.15) is 44.3 Å².